The van der Waals surface area contributed by atoms with Crippen LogP contribution >= 0.6 is 0 Å². The number of carboxylic acids is 1. The highest BCUT2D eigenvalue weighted by Crippen LogP contribution is 2.25. The molecular weight excluding hydrogens is 226 g/mol. The van der Waals surface area contributed by atoms with Gasteiger partial charge in [-0.05, 0) is 43.7 Å². The van der Waals surface area contributed by atoms with Crippen molar-refractivity contribution >= 4 is 5.97 Å². The molecular formula is C15H18NO2-. The average molecular weight is 244 g/mol. The molecule has 0 saturated carbocycles. The molecule has 1 aromatic carbocycles. The van der Waals surface area contributed by atoms with Gasteiger partial charge < -0.3 is 15.2 Å². The zero-order valence-electron chi connectivity index (χ0n) is 10.6. The van der Waals surface area contributed by atoms with Crippen LogP contribution in [0.15, 0.2) is 41.6 Å². The van der Waals surface area contributed by atoms with Crippen LogP contribution in [0.25, 0.3) is 0 Å². The Kier molecular flexibility index (Phi) is 4.03. The molecule has 0 fully saturated rings. The third kappa shape index (κ3) is 2.92. The van der Waals surface area contributed by atoms with Gasteiger partial charge in [0.2, 0.25) is 0 Å². The normalized spacial score (nSPS) is 17.4. The van der Waals surface area contributed by atoms with Crippen LogP contribution in [0, 0.1) is 0 Å². The molecule has 1 unspecified atom stereocenters. The molecule has 0 radical (unpaired) electrons. The zero-order chi connectivity index (χ0) is 13.0. The van der Waals surface area contributed by atoms with Gasteiger partial charge in [-0.2, -0.15) is 0 Å². The van der Waals surface area contributed by atoms with Crippen LogP contribution in [0.3, 0.4) is 0 Å². The molecule has 0 bridgehead atoms. The first-order chi connectivity index (χ1) is 8.68. The topological polar surface area (TPSA) is 52.2 Å². The SMILES string of the molecule is CC(NC1=C(C(=O)[O-])CCCC1)c1ccccc1. The van der Waals surface area contributed by atoms with E-state index in [2.05, 4.69) is 5.32 Å². The lowest BCUT2D eigenvalue weighted by molar-refractivity contribution is -0.299. The summed E-state index contributed by atoms with van der Waals surface area (Å²) in [6.45, 7) is 2.05. The second-order valence-electron chi connectivity index (χ2n) is 4.73. The number of hydrogen-bond donors (Lipinski definition) is 1. The summed E-state index contributed by atoms with van der Waals surface area (Å²) in [5, 5.41) is 14.4. The number of aliphatic carboxylic acids is 1. The van der Waals surface area contributed by atoms with Crippen molar-refractivity contribution < 1.29 is 9.90 Å². The Bertz CT molecular complexity index is 451. The Hall–Kier alpha value is -1.77. The van der Waals surface area contributed by atoms with Crippen LogP contribution in [-0.2, 0) is 4.79 Å². The molecule has 1 N–H and O–H groups in total. The lowest BCUT2D eigenvalue weighted by Crippen LogP contribution is -2.31. The Labute approximate surface area is 108 Å². The Balaban J connectivity index is 2.14. The fourth-order valence-corrected chi connectivity index (χ4v) is 2.38. The molecule has 0 aliphatic heterocycles. The highest BCUT2D eigenvalue weighted by molar-refractivity contribution is 5.85. The minimum absolute atomic E-state index is 0.119. The van der Waals surface area contributed by atoms with E-state index in [1.54, 1.807) is 0 Å². The van der Waals surface area contributed by atoms with E-state index in [9.17, 15) is 9.90 Å². The predicted molar refractivity (Wildman–Crippen MR) is 68.5 cm³/mol. The summed E-state index contributed by atoms with van der Waals surface area (Å²) in [7, 11) is 0. The van der Waals surface area contributed by atoms with Gasteiger partial charge in [-0.15, -0.1) is 0 Å². The van der Waals surface area contributed by atoms with E-state index < -0.39 is 5.97 Å². The number of rotatable bonds is 4. The first kappa shape index (κ1) is 12.7. The molecule has 1 aromatic rings. The standard InChI is InChI=1S/C15H19NO2/c1-11(12-7-3-2-4-8-12)16-14-10-6-5-9-13(14)15(17)18/h2-4,7-8,11,16H,5-6,9-10H2,1H3,(H,17,18)/p-1. The molecule has 1 atom stereocenters. The zero-order valence-corrected chi connectivity index (χ0v) is 10.6. The Morgan fingerprint density at radius 1 is 1.22 bits per heavy atom. The van der Waals surface area contributed by atoms with Gasteiger partial charge in [0.05, 0.1) is 5.97 Å². The number of benzene rings is 1. The van der Waals surface area contributed by atoms with Gasteiger partial charge in [0.15, 0.2) is 0 Å². The minimum Gasteiger partial charge on any atom is -0.545 e. The average Bonchev–Trinajstić information content (AvgIpc) is 2.40. The summed E-state index contributed by atoms with van der Waals surface area (Å²) < 4.78 is 0. The second-order valence-corrected chi connectivity index (χ2v) is 4.73. The van der Waals surface area contributed by atoms with Crippen LogP contribution in [-0.4, -0.2) is 5.97 Å². The third-order valence-electron chi connectivity index (χ3n) is 3.40. The van der Waals surface area contributed by atoms with Crippen LogP contribution < -0.4 is 10.4 Å². The first-order valence-electron chi connectivity index (χ1n) is 6.43. The molecule has 0 heterocycles. The second kappa shape index (κ2) is 5.71. The summed E-state index contributed by atoms with van der Waals surface area (Å²) in [4.78, 5) is 11.1. The quantitative estimate of drug-likeness (QED) is 0.880. The van der Waals surface area contributed by atoms with E-state index in [4.69, 9.17) is 0 Å². The van der Waals surface area contributed by atoms with Gasteiger partial charge in [-0.3, -0.25) is 0 Å². The Morgan fingerprint density at radius 3 is 2.56 bits per heavy atom. The van der Waals surface area contributed by atoms with Gasteiger partial charge >= 0.3 is 0 Å². The smallest absolute Gasteiger partial charge is 0.0692 e. The van der Waals surface area contributed by atoms with E-state index in [1.165, 1.54) is 0 Å². The molecule has 0 saturated heterocycles. The molecule has 1 aliphatic rings. The lowest BCUT2D eigenvalue weighted by Gasteiger charge is -2.25. The summed E-state index contributed by atoms with van der Waals surface area (Å²) >= 11 is 0. The van der Waals surface area contributed by atoms with Crippen LogP contribution in [0.2, 0.25) is 0 Å². The molecule has 0 spiro atoms. The number of nitrogens with one attached hydrogen (secondary N) is 1. The van der Waals surface area contributed by atoms with Gasteiger partial charge in [0.25, 0.3) is 0 Å². The molecule has 2 rings (SSSR count). The van der Waals surface area contributed by atoms with Crippen molar-refractivity contribution in [3.63, 3.8) is 0 Å². The fraction of sp³-hybridized carbons (Fsp3) is 0.400. The predicted octanol–water partition coefficient (Wildman–Crippen LogP) is 1.92. The van der Waals surface area contributed by atoms with Gasteiger partial charge in [-0.1, -0.05) is 30.3 Å². The van der Waals surface area contributed by atoms with Gasteiger partial charge in [0.1, 0.15) is 0 Å². The molecule has 3 nitrogen and oxygen atoms in total. The monoisotopic (exact) mass is 244 g/mol. The van der Waals surface area contributed by atoms with Crippen molar-refractivity contribution in [2.45, 2.75) is 38.6 Å². The summed E-state index contributed by atoms with van der Waals surface area (Å²) in [5.74, 6) is -1.03. The fourth-order valence-electron chi connectivity index (χ4n) is 2.38. The van der Waals surface area contributed by atoms with E-state index in [1.807, 2.05) is 37.3 Å². The summed E-state index contributed by atoms with van der Waals surface area (Å²) in [6, 6.07) is 10.2. The highest BCUT2D eigenvalue weighted by Gasteiger charge is 2.15. The lowest BCUT2D eigenvalue weighted by atomic mass is 9.95. The summed E-state index contributed by atoms with van der Waals surface area (Å²) in [6.07, 6.45) is 3.40. The summed E-state index contributed by atoms with van der Waals surface area (Å²) in [5.41, 5.74) is 2.45. The number of hydrogen-bond acceptors (Lipinski definition) is 3. The van der Waals surface area contributed by atoms with E-state index in [0.717, 1.165) is 30.5 Å². The number of allylic oxidation sites excluding steroid dienone is 1. The molecule has 0 aromatic heterocycles. The molecule has 18 heavy (non-hydrogen) atoms. The van der Waals surface area contributed by atoms with Gasteiger partial charge in [0, 0.05) is 11.7 Å². The maximum atomic E-state index is 11.1. The molecule has 96 valence electrons. The van der Waals surface area contributed by atoms with Crippen molar-refractivity contribution in [3.05, 3.63) is 47.2 Å². The Morgan fingerprint density at radius 2 is 1.89 bits per heavy atom. The van der Waals surface area contributed by atoms with Gasteiger partial charge in [-0.25, -0.2) is 0 Å². The van der Waals surface area contributed by atoms with Crippen molar-refractivity contribution in [2.75, 3.05) is 0 Å². The molecule has 0 amide bonds. The van der Waals surface area contributed by atoms with Crippen LogP contribution in [0.4, 0.5) is 0 Å². The van der Waals surface area contributed by atoms with Crippen LogP contribution in [0.1, 0.15) is 44.2 Å². The number of carbonyl (C=O) groups excluding carboxylic acids is 1. The maximum absolute atomic E-state index is 11.1. The minimum atomic E-state index is -1.03. The number of carboxylic acid groups (broad SMARTS) is 1. The largest absolute Gasteiger partial charge is 0.545 e. The third-order valence-corrected chi connectivity index (χ3v) is 3.40. The van der Waals surface area contributed by atoms with Crippen molar-refractivity contribution in [1.29, 1.82) is 0 Å². The van der Waals surface area contributed by atoms with Crippen molar-refractivity contribution in [1.82, 2.24) is 5.32 Å². The van der Waals surface area contributed by atoms with Crippen molar-refractivity contribution in [3.8, 4) is 0 Å². The van der Waals surface area contributed by atoms with Crippen LogP contribution in [0.5, 0.6) is 0 Å². The van der Waals surface area contributed by atoms with E-state index >= 15 is 0 Å². The maximum Gasteiger partial charge on any atom is 0.0692 e. The number of carbonyl (C=O) groups is 1. The molecule has 3 heteroatoms. The first-order valence-corrected chi connectivity index (χ1v) is 6.43. The van der Waals surface area contributed by atoms with E-state index in [-0.39, 0.29) is 6.04 Å². The molecule has 1 aliphatic carbocycles. The van der Waals surface area contributed by atoms with Crippen molar-refractivity contribution in [2.24, 2.45) is 0 Å². The highest BCUT2D eigenvalue weighted by atomic mass is 16.4. The van der Waals surface area contributed by atoms with E-state index in [0.29, 0.717) is 12.0 Å².